The maximum atomic E-state index is 13.4. The second-order valence-electron chi connectivity index (χ2n) is 6.05. The molecule has 0 bridgehead atoms. The van der Waals surface area contributed by atoms with Crippen LogP contribution in [0, 0.1) is 5.82 Å². The van der Waals surface area contributed by atoms with Crippen molar-refractivity contribution in [3.63, 3.8) is 0 Å². The summed E-state index contributed by atoms with van der Waals surface area (Å²) in [6, 6.07) is 22.8. The fourth-order valence-electron chi connectivity index (χ4n) is 2.86. The van der Waals surface area contributed by atoms with Gasteiger partial charge in [0.25, 0.3) is 0 Å². The lowest BCUT2D eigenvalue weighted by Gasteiger charge is -2.13. The Morgan fingerprint density at radius 1 is 0.964 bits per heavy atom. The largest absolute Gasteiger partial charge is 0.337 e. The minimum atomic E-state index is -0.931. The van der Waals surface area contributed by atoms with E-state index in [0.717, 1.165) is 16.9 Å². The van der Waals surface area contributed by atoms with Gasteiger partial charge in [0.15, 0.2) is 0 Å². The summed E-state index contributed by atoms with van der Waals surface area (Å²) in [4.78, 5) is 8.78. The standard InChI is InChI=1S/C21H17FN4O2/c22-16-11-9-15(10-12-16)19-14-18(25-26(19)17-6-2-1-3-7-17)21(28-27)24-20-8-4-5-13-23-20/h1-14,21,27H,(H,23,24). The summed E-state index contributed by atoms with van der Waals surface area (Å²) in [7, 11) is 0. The van der Waals surface area contributed by atoms with Gasteiger partial charge >= 0.3 is 0 Å². The third-order valence-electron chi connectivity index (χ3n) is 4.19. The summed E-state index contributed by atoms with van der Waals surface area (Å²) in [5, 5.41) is 17.0. The fraction of sp³-hybridized carbons (Fsp3) is 0.0476. The molecule has 0 aliphatic rings. The Kier molecular flexibility index (Phi) is 5.09. The van der Waals surface area contributed by atoms with Crippen LogP contribution in [0.25, 0.3) is 16.9 Å². The molecule has 2 N–H and O–H groups in total. The molecule has 28 heavy (non-hydrogen) atoms. The molecule has 4 aromatic rings. The lowest BCUT2D eigenvalue weighted by atomic mass is 10.1. The van der Waals surface area contributed by atoms with Crippen molar-refractivity contribution in [3.8, 4) is 16.9 Å². The molecule has 2 heterocycles. The molecule has 0 spiro atoms. The van der Waals surface area contributed by atoms with Gasteiger partial charge in [0, 0.05) is 11.8 Å². The molecule has 140 valence electrons. The predicted molar refractivity (Wildman–Crippen MR) is 103 cm³/mol. The number of pyridine rings is 1. The van der Waals surface area contributed by atoms with Crippen molar-refractivity contribution < 1.29 is 14.5 Å². The van der Waals surface area contributed by atoms with E-state index in [9.17, 15) is 9.65 Å². The van der Waals surface area contributed by atoms with Gasteiger partial charge in [-0.1, -0.05) is 24.3 Å². The van der Waals surface area contributed by atoms with Crippen molar-refractivity contribution in [2.24, 2.45) is 0 Å². The van der Waals surface area contributed by atoms with E-state index in [4.69, 9.17) is 0 Å². The number of nitrogens with zero attached hydrogens (tertiary/aromatic N) is 3. The highest BCUT2D eigenvalue weighted by Gasteiger charge is 2.20. The first-order chi connectivity index (χ1) is 13.7. The second-order valence-corrected chi connectivity index (χ2v) is 6.05. The third-order valence-corrected chi connectivity index (χ3v) is 4.19. The molecule has 0 saturated carbocycles. The molecule has 0 fully saturated rings. The summed E-state index contributed by atoms with van der Waals surface area (Å²) >= 11 is 0. The molecule has 2 aromatic heterocycles. The highest BCUT2D eigenvalue weighted by atomic mass is 19.1. The van der Waals surface area contributed by atoms with Gasteiger partial charge in [0.2, 0.25) is 6.23 Å². The van der Waals surface area contributed by atoms with Crippen molar-refractivity contribution in [3.05, 3.63) is 96.6 Å². The van der Waals surface area contributed by atoms with E-state index in [2.05, 4.69) is 20.3 Å². The molecule has 4 rings (SSSR count). The highest BCUT2D eigenvalue weighted by Crippen LogP contribution is 2.28. The quantitative estimate of drug-likeness (QED) is 0.291. The number of hydrogen-bond donors (Lipinski definition) is 2. The number of hydrogen-bond acceptors (Lipinski definition) is 5. The summed E-state index contributed by atoms with van der Waals surface area (Å²) in [6.45, 7) is 0. The molecule has 0 radical (unpaired) electrons. The molecule has 0 aliphatic heterocycles. The first-order valence-electron chi connectivity index (χ1n) is 8.64. The Morgan fingerprint density at radius 3 is 2.39 bits per heavy atom. The van der Waals surface area contributed by atoms with Gasteiger partial charge in [-0.05, 0) is 54.6 Å². The molecular weight excluding hydrogens is 359 g/mol. The van der Waals surface area contributed by atoms with E-state index in [1.165, 1.54) is 12.1 Å². The molecule has 1 atom stereocenters. The number of nitrogens with one attached hydrogen (secondary N) is 1. The Hall–Kier alpha value is -3.55. The highest BCUT2D eigenvalue weighted by molar-refractivity contribution is 5.63. The molecule has 0 aliphatic carbocycles. The molecule has 0 saturated heterocycles. The van der Waals surface area contributed by atoms with Crippen molar-refractivity contribution in [2.75, 3.05) is 5.32 Å². The Bertz CT molecular complexity index is 1040. The first kappa shape index (κ1) is 17.8. The zero-order valence-corrected chi connectivity index (χ0v) is 14.7. The Labute approximate surface area is 160 Å². The summed E-state index contributed by atoms with van der Waals surface area (Å²) in [6.07, 6.45) is 0.697. The SMILES string of the molecule is OOC(Nc1ccccn1)c1cc(-c2ccc(F)cc2)n(-c2ccccc2)n1. The van der Waals surface area contributed by atoms with E-state index in [-0.39, 0.29) is 5.82 Å². The van der Waals surface area contributed by atoms with Crippen molar-refractivity contribution in [1.29, 1.82) is 0 Å². The number of aromatic nitrogens is 3. The van der Waals surface area contributed by atoms with E-state index in [1.54, 1.807) is 41.2 Å². The van der Waals surface area contributed by atoms with Crippen LogP contribution in [-0.2, 0) is 4.89 Å². The van der Waals surface area contributed by atoms with Crippen LogP contribution in [0.2, 0.25) is 0 Å². The lowest BCUT2D eigenvalue weighted by molar-refractivity contribution is -0.275. The van der Waals surface area contributed by atoms with Crippen LogP contribution in [0.1, 0.15) is 11.9 Å². The molecule has 6 nitrogen and oxygen atoms in total. The zero-order chi connectivity index (χ0) is 19.3. The van der Waals surface area contributed by atoms with Gasteiger partial charge in [-0.15, -0.1) is 0 Å². The number of rotatable bonds is 6. The first-order valence-corrected chi connectivity index (χ1v) is 8.64. The molecule has 7 heteroatoms. The van der Waals surface area contributed by atoms with Gasteiger partial charge in [0.1, 0.15) is 17.3 Å². The average Bonchev–Trinajstić information content (AvgIpc) is 3.19. The minimum Gasteiger partial charge on any atom is -0.337 e. The Morgan fingerprint density at radius 2 is 1.71 bits per heavy atom. The van der Waals surface area contributed by atoms with Gasteiger partial charge in [-0.2, -0.15) is 5.10 Å². The minimum absolute atomic E-state index is 0.317. The van der Waals surface area contributed by atoms with Crippen molar-refractivity contribution in [2.45, 2.75) is 6.23 Å². The number of para-hydroxylation sites is 1. The Balaban J connectivity index is 1.77. The maximum absolute atomic E-state index is 13.4. The fourth-order valence-corrected chi connectivity index (χ4v) is 2.86. The van der Waals surface area contributed by atoms with E-state index >= 15 is 0 Å². The smallest absolute Gasteiger partial charge is 0.208 e. The summed E-state index contributed by atoms with van der Waals surface area (Å²) < 4.78 is 15.1. The van der Waals surface area contributed by atoms with Gasteiger partial charge in [-0.3, -0.25) is 0 Å². The monoisotopic (exact) mass is 376 g/mol. The molecule has 2 aromatic carbocycles. The van der Waals surface area contributed by atoms with Crippen LogP contribution in [-0.4, -0.2) is 20.0 Å². The summed E-state index contributed by atoms with van der Waals surface area (Å²) in [5.74, 6) is 0.210. The average molecular weight is 376 g/mol. The molecule has 0 amide bonds. The van der Waals surface area contributed by atoms with Crippen LogP contribution in [0.3, 0.4) is 0 Å². The van der Waals surface area contributed by atoms with Gasteiger partial charge < -0.3 is 5.32 Å². The normalized spacial score (nSPS) is 11.9. The lowest BCUT2D eigenvalue weighted by Crippen LogP contribution is -2.14. The van der Waals surface area contributed by atoms with E-state index in [1.807, 2.05) is 36.4 Å². The van der Waals surface area contributed by atoms with Crippen LogP contribution in [0.5, 0.6) is 0 Å². The molecule has 1 unspecified atom stereocenters. The van der Waals surface area contributed by atoms with E-state index in [0.29, 0.717) is 11.5 Å². The number of anilines is 1. The van der Waals surface area contributed by atoms with Crippen LogP contribution in [0.15, 0.2) is 85.1 Å². The second kappa shape index (κ2) is 7.99. The zero-order valence-electron chi connectivity index (χ0n) is 14.7. The van der Waals surface area contributed by atoms with Crippen LogP contribution >= 0.6 is 0 Å². The van der Waals surface area contributed by atoms with Gasteiger partial charge in [0.05, 0.1) is 11.4 Å². The number of halogens is 1. The maximum Gasteiger partial charge on any atom is 0.208 e. The number of benzene rings is 2. The molecular formula is C21H17FN4O2. The van der Waals surface area contributed by atoms with E-state index < -0.39 is 6.23 Å². The van der Waals surface area contributed by atoms with Gasteiger partial charge in [-0.25, -0.2) is 24.2 Å². The van der Waals surface area contributed by atoms with Crippen molar-refractivity contribution >= 4 is 5.82 Å². The summed E-state index contributed by atoms with van der Waals surface area (Å²) in [5.41, 5.74) is 2.77. The van der Waals surface area contributed by atoms with Crippen LogP contribution in [0.4, 0.5) is 10.2 Å². The topological polar surface area (TPSA) is 72.2 Å². The van der Waals surface area contributed by atoms with Crippen molar-refractivity contribution in [1.82, 2.24) is 14.8 Å². The predicted octanol–water partition coefficient (Wildman–Crippen LogP) is 4.67. The third kappa shape index (κ3) is 3.75. The van der Waals surface area contributed by atoms with Crippen LogP contribution < -0.4 is 5.32 Å².